The Hall–Kier alpha value is -5.51. The van der Waals surface area contributed by atoms with E-state index in [0.717, 1.165) is 28.2 Å². The number of hydrogen-bond donors (Lipinski definition) is 0. The van der Waals surface area contributed by atoms with Crippen molar-refractivity contribution in [3.63, 3.8) is 0 Å². The molecular formula is C41H26N2S. The Morgan fingerprint density at radius 1 is 0.432 bits per heavy atom. The number of hydrogen-bond acceptors (Lipinski definition) is 2. The number of pyridine rings is 1. The predicted molar refractivity (Wildman–Crippen MR) is 188 cm³/mol. The molecule has 0 amide bonds. The zero-order chi connectivity index (χ0) is 29.0. The van der Waals surface area contributed by atoms with Gasteiger partial charge in [0, 0.05) is 47.8 Å². The fourth-order valence-corrected chi connectivity index (χ4v) is 7.79. The second-order valence-electron chi connectivity index (χ2n) is 11.2. The molecule has 0 saturated carbocycles. The van der Waals surface area contributed by atoms with Crippen molar-refractivity contribution in [3.8, 4) is 39.3 Å². The summed E-state index contributed by atoms with van der Waals surface area (Å²) in [4.78, 5) is 5.28. The van der Waals surface area contributed by atoms with Crippen molar-refractivity contribution in [2.24, 2.45) is 0 Å². The van der Waals surface area contributed by atoms with Crippen molar-refractivity contribution >= 4 is 53.3 Å². The predicted octanol–water partition coefficient (Wildman–Crippen LogP) is 11.5. The average Bonchev–Trinajstić information content (AvgIpc) is 3.64. The third kappa shape index (κ3) is 3.98. The van der Waals surface area contributed by atoms with Gasteiger partial charge in [-0.05, 0) is 53.6 Å². The molecule has 9 aromatic rings. The Balaban J connectivity index is 1.31. The van der Waals surface area contributed by atoms with Gasteiger partial charge in [-0.3, -0.25) is 0 Å². The Kier molecular flexibility index (Phi) is 5.71. The minimum absolute atomic E-state index is 0.964. The highest BCUT2D eigenvalue weighted by Crippen LogP contribution is 2.42. The molecule has 0 radical (unpaired) electrons. The van der Waals surface area contributed by atoms with Crippen molar-refractivity contribution in [1.29, 1.82) is 0 Å². The van der Waals surface area contributed by atoms with Gasteiger partial charge in [-0.25, -0.2) is 4.98 Å². The summed E-state index contributed by atoms with van der Waals surface area (Å²) < 4.78 is 4.99. The fraction of sp³-hybridized carbons (Fsp3) is 0. The second kappa shape index (κ2) is 10.0. The fourth-order valence-electron chi connectivity index (χ4n) is 6.55. The van der Waals surface area contributed by atoms with E-state index in [1.165, 1.54) is 53.1 Å². The minimum atomic E-state index is 0.964. The first-order valence-electron chi connectivity index (χ1n) is 14.9. The summed E-state index contributed by atoms with van der Waals surface area (Å²) in [7, 11) is 0. The van der Waals surface area contributed by atoms with Crippen LogP contribution in [0.2, 0.25) is 0 Å². The molecule has 206 valence electrons. The third-order valence-electron chi connectivity index (χ3n) is 8.59. The maximum atomic E-state index is 5.28. The molecule has 6 aromatic carbocycles. The van der Waals surface area contributed by atoms with E-state index in [1.807, 2.05) is 11.3 Å². The average molecular weight is 579 g/mol. The maximum Gasteiger partial charge on any atom is 0.0716 e. The summed E-state index contributed by atoms with van der Waals surface area (Å²) >= 11 is 1.87. The number of aromatic nitrogens is 2. The van der Waals surface area contributed by atoms with E-state index in [1.54, 1.807) is 0 Å². The van der Waals surface area contributed by atoms with Crippen LogP contribution in [0, 0.1) is 0 Å². The number of thiophene rings is 1. The Morgan fingerprint density at radius 2 is 1.09 bits per heavy atom. The molecule has 9 rings (SSSR count). The van der Waals surface area contributed by atoms with Crippen molar-refractivity contribution in [2.75, 3.05) is 0 Å². The molecule has 0 saturated heterocycles. The highest BCUT2D eigenvalue weighted by Gasteiger charge is 2.16. The zero-order valence-corrected chi connectivity index (χ0v) is 24.6. The van der Waals surface area contributed by atoms with Gasteiger partial charge in [-0.15, -0.1) is 11.3 Å². The zero-order valence-electron chi connectivity index (χ0n) is 23.8. The number of rotatable bonds is 4. The van der Waals surface area contributed by atoms with E-state index in [2.05, 4.69) is 162 Å². The van der Waals surface area contributed by atoms with Crippen LogP contribution in [0.5, 0.6) is 0 Å². The highest BCUT2D eigenvalue weighted by atomic mass is 32.1. The van der Waals surface area contributed by atoms with Crippen LogP contribution in [0.4, 0.5) is 0 Å². The van der Waals surface area contributed by atoms with Crippen LogP contribution >= 0.6 is 11.3 Å². The van der Waals surface area contributed by atoms with Crippen molar-refractivity contribution < 1.29 is 0 Å². The Morgan fingerprint density at radius 3 is 1.93 bits per heavy atom. The first-order valence-corrected chi connectivity index (χ1v) is 15.7. The van der Waals surface area contributed by atoms with E-state index < -0.39 is 0 Å². The smallest absolute Gasteiger partial charge is 0.0716 e. The monoisotopic (exact) mass is 578 g/mol. The lowest BCUT2D eigenvalue weighted by Gasteiger charge is -2.12. The summed E-state index contributed by atoms with van der Waals surface area (Å²) in [5, 5.41) is 5.10. The summed E-state index contributed by atoms with van der Waals surface area (Å²) in [6, 6.07) is 56.5. The normalized spacial score (nSPS) is 11.6. The SMILES string of the molecule is c1ccc(-c2cc(-c3cccc4c3sc3ccccc34)cc(-c3ccc4c5ccccc5n(-c5ccccc5)c4c3)n2)cc1. The van der Waals surface area contributed by atoms with E-state index >= 15 is 0 Å². The van der Waals surface area contributed by atoms with Gasteiger partial charge in [0.1, 0.15) is 0 Å². The third-order valence-corrected chi connectivity index (χ3v) is 9.81. The van der Waals surface area contributed by atoms with Crippen molar-refractivity contribution in [3.05, 3.63) is 158 Å². The molecule has 2 nitrogen and oxygen atoms in total. The van der Waals surface area contributed by atoms with Gasteiger partial charge < -0.3 is 4.57 Å². The van der Waals surface area contributed by atoms with Crippen LogP contribution in [-0.2, 0) is 0 Å². The first-order chi connectivity index (χ1) is 21.8. The minimum Gasteiger partial charge on any atom is -0.309 e. The molecule has 0 aliphatic heterocycles. The lowest BCUT2D eigenvalue weighted by Crippen LogP contribution is -1.94. The number of benzene rings is 6. The van der Waals surface area contributed by atoms with E-state index in [0.29, 0.717) is 0 Å². The van der Waals surface area contributed by atoms with Gasteiger partial charge in [0.2, 0.25) is 0 Å². The lowest BCUT2D eigenvalue weighted by atomic mass is 9.98. The molecule has 0 bridgehead atoms. The number of fused-ring (bicyclic) bond motifs is 6. The molecule has 0 unspecified atom stereocenters. The van der Waals surface area contributed by atoms with E-state index in [-0.39, 0.29) is 0 Å². The van der Waals surface area contributed by atoms with Gasteiger partial charge >= 0.3 is 0 Å². The van der Waals surface area contributed by atoms with Crippen molar-refractivity contribution in [2.45, 2.75) is 0 Å². The van der Waals surface area contributed by atoms with E-state index in [4.69, 9.17) is 4.98 Å². The molecule has 0 spiro atoms. The van der Waals surface area contributed by atoms with Gasteiger partial charge in [-0.2, -0.15) is 0 Å². The molecule has 0 N–H and O–H groups in total. The molecule has 44 heavy (non-hydrogen) atoms. The number of nitrogens with zero attached hydrogens (tertiary/aromatic N) is 2. The van der Waals surface area contributed by atoms with Gasteiger partial charge in [0.05, 0.1) is 22.4 Å². The van der Waals surface area contributed by atoms with Crippen LogP contribution in [0.3, 0.4) is 0 Å². The van der Waals surface area contributed by atoms with Crippen LogP contribution in [-0.4, -0.2) is 9.55 Å². The molecule has 0 fully saturated rings. The quantitative estimate of drug-likeness (QED) is 0.203. The Labute approximate surface area is 259 Å². The summed E-state index contributed by atoms with van der Waals surface area (Å²) in [6.45, 7) is 0. The lowest BCUT2D eigenvalue weighted by molar-refractivity contribution is 1.18. The summed E-state index contributed by atoms with van der Waals surface area (Å²) in [5.74, 6) is 0. The van der Waals surface area contributed by atoms with Gasteiger partial charge in [0.25, 0.3) is 0 Å². The number of para-hydroxylation sites is 2. The molecule has 0 aliphatic carbocycles. The van der Waals surface area contributed by atoms with Crippen LogP contribution < -0.4 is 0 Å². The Bertz CT molecular complexity index is 2490. The van der Waals surface area contributed by atoms with Crippen molar-refractivity contribution in [1.82, 2.24) is 9.55 Å². The molecule has 0 atom stereocenters. The summed E-state index contributed by atoms with van der Waals surface area (Å²) in [6.07, 6.45) is 0. The van der Waals surface area contributed by atoms with Gasteiger partial charge in [-0.1, -0.05) is 115 Å². The van der Waals surface area contributed by atoms with Crippen LogP contribution in [0.15, 0.2) is 158 Å². The molecular weight excluding hydrogens is 553 g/mol. The van der Waals surface area contributed by atoms with Crippen LogP contribution in [0.1, 0.15) is 0 Å². The van der Waals surface area contributed by atoms with Crippen LogP contribution in [0.25, 0.3) is 81.3 Å². The second-order valence-corrected chi connectivity index (χ2v) is 12.2. The van der Waals surface area contributed by atoms with Gasteiger partial charge in [0.15, 0.2) is 0 Å². The summed E-state index contributed by atoms with van der Waals surface area (Å²) in [5.41, 5.74) is 10.1. The largest absolute Gasteiger partial charge is 0.309 e. The molecule has 3 aromatic heterocycles. The highest BCUT2D eigenvalue weighted by molar-refractivity contribution is 7.26. The molecule has 3 heteroatoms. The standard InChI is InChI=1S/C41H26N2S/c1-3-12-27(13-4-1)36-24-29(31-18-11-19-35-34-17-8-10-21-40(34)44-41(31)35)25-37(42-36)28-22-23-33-32-16-7-9-20-38(32)43(39(33)26-28)30-14-5-2-6-15-30/h1-26H. The van der Waals surface area contributed by atoms with E-state index in [9.17, 15) is 0 Å². The topological polar surface area (TPSA) is 17.8 Å². The first kappa shape index (κ1) is 25.0. The molecule has 3 heterocycles. The molecule has 0 aliphatic rings. The maximum absolute atomic E-state index is 5.28.